The number of hydrogen-bond acceptors (Lipinski definition) is 3. The van der Waals surface area contributed by atoms with Gasteiger partial charge in [0, 0.05) is 23.5 Å². The van der Waals surface area contributed by atoms with Crippen molar-refractivity contribution in [2.24, 2.45) is 0 Å². The molecule has 0 radical (unpaired) electrons. The van der Waals surface area contributed by atoms with Crippen LogP contribution in [-0.2, 0) is 17.8 Å². The molecular formula is C19H28N2O2. The largest absolute Gasteiger partial charge is 0.496 e. The number of aldehydes is 1. The van der Waals surface area contributed by atoms with E-state index in [1.165, 1.54) is 16.8 Å². The van der Waals surface area contributed by atoms with E-state index in [1.807, 2.05) is 19.2 Å². The van der Waals surface area contributed by atoms with Gasteiger partial charge >= 0.3 is 0 Å². The SMILES string of the molecule is CCNC.CCn1c2c(c3c(OC)cccc31)C(C=O)CCC2. The molecule has 0 saturated heterocycles. The molecule has 1 N–H and O–H groups in total. The Balaban J connectivity index is 0.000000433. The Kier molecular flexibility index (Phi) is 6.22. The first-order valence-electron chi connectivity index (χ1n) is 8.51. The van der Waals surface area contributed by atoms with Crippen LogP contribution in [0.3, 0.4) is 0 Å². The van der Waals surface area contributed by atoms with E-state index in [4.69, 9.17) is 4.74 Å². The van der Waals surface area contributed by atoms with Crippen molar-refractivity contribution in [3.8, 4) is 5.75 Å². The van der Waals surface area contributed by atoms with Crippen LogP contribution in [0.5, 0.6) is 5.75 Å². The normalized spacial score (nSPS) is 16.4. The Bertz CT molecular complexity index is 659. The second-order valence-electron chi connectivity index (χ2n) is 5.80. The topological polar surface area (TPSA) is 43.3 Å². The molecule has 1 aliphatic carbocycles. The number of hydrogen-bond donors (Lipinski definition) is 1. The van der Waals surface area contributed by atoms with Crippen LogP contribution >= 0.6 is 0 Å². The third kappa shape index (κ3) is 3.27. The van der Waals surface area contributed by atoms with Gasteiger partial charge in [0.05, 0.1) is 12.6 Å². The lowest BCUT2D eigenvalue weighted by molar-refractivity contribution is -0.109. The van der Waals surface area contributed by atoms with Gasteiger partial charge in [0.25, 0.3) is 0 Å². The summed E-state index contributed by atoms with van der Waals surface area (Å²) in [4.78, 5) is 11.4. The van der Waals surface area contributed by atoms with E-state index >= 15 is 0 Å². The molecule has 1 aliphatic rings. The Morgan fingerprint density at radius 3 is 2.70 bits per heavy atom. The average Bonchev–Trinajstić information content (AvgIpc) is 2.95. The summed E-state index contributed by atoms with van der Waals surface area (Å²) in [6, 6.07) is 6.13. The van der Waals surface area contributed by atoms with Crippen molar-refractivity contribution < 1.29 is 9.53 Å². The van der Waals surface area contributed by atoms with E-state index in [0.29, 0.717) is 0 Å². The van der Waals surface area contributed by atoms with Gasteiger partial charge in [0.15, 0.2) is 0 Å². The van der Waals surface area contributed by atoms with Gasteiger partial charge in [-0.2, -0.15) is 0 Å². The summed E-state index contributed by atoms with van der Waals surface area (Å²) in [5, 5.41) is 4.07. The third-order valence-corrected chi connectivity index (χ3v) is 4.55. The van der Waals surface area contributed by atoms with Crippen LogP contribution < -0.4 is 10.1 Å². The Hall–Kier alpha value is -1.81. The maximum absolute atomic E-state index is 11.4. The van der Waals surface area contributed by atoms with Crippen LogP contribution in [-0.4, -0.2) is 31.6 Å². The molecule has 3 rings (SSSR count). The maximum atomic E-state index is 11.4. The molecule has 0 aliphatic heterocycles. The quantitative estimate of drug-likeness (QED) is 0.878. The van der Waals surface area contributed by atoms with E-state index in [0.717, 1.165) is 49.8 Å². The minimum absolute atomic E-state index is 0.0235. The smallest absolute Gasteiger partial charge is 0.128 e. The van der Waals surface area contributed by atoms with Crippen molar-refractivity contribution >= 4 is 17.2 Å². The number of aryl methyl sites for hydroxylation is 1. The number of carbonyl (C=O) groups excluding carboxylic acids is 1. The Labute approximate surface area is 138 Å². The second-order valence-corrected chi connectivity index (χ2v) is 5.80. The zero-order valence-corrected chi connectivity index (χ0v) is 14.7. The van der Waals surface area contributed by atoms with Crippen LogP contribution in [0.25, 0.3) is 10.9 Å². The van der Waals surface area contributed by atoms with Gasteiger partial charge in [0.1, 0.15) is 12.0 Å². The van der Waals surface area contributed by atoms with Crippen molar-refractivity contribution in [2.75, 3.05) is 20.7 Å². The lowest BCUT2D eigenvalue weighted by Gasteiger charge is -2.20. The van der Waals surface area contributed by atoms with Gasteiger partial charge in [-0.15, -0.1) is 0 Å². The van der Waals surface area contributed by atoms with E-state index in [1.54, 1.807) is 7.11 Å². The predicted octanol–water partition coefficient (Wildman–Crippen LogP) is 3.51. The lowest BCUT2D eigenvalue weighted by Crippen LogP contribution is -2.12. The highest BCUT2D eigenvalue weighted by Crippen LogP contribution is 2.42. The summed E-state index contributed by atoms with van der Waals surface area (Å²) in [6.07, 6.45) is 4.21. The first-order valence-corrected chi connectivity index (χ1v) is 8.51. The number of nitrogens with one attached hydrogen (secondary N) is 1. The van der Waals surface area contributed by atoms with Gasteiger partial charge < -0.3 is 19.4 Å². The highest BCUT2D eigenvalue weighted by Gasteiger charge is 2.28. The Morgan fingerprint density at radius 1 is 1.39 bits per heavy atom. The predicted molar refractivity (Wildman–Crippen MR) is 95.5 cm³/mol. The van der Waals surface area contributed by atoms with E-state index in [-0.39, 0.29) is 5.92 Å². The number of rotatable bonds is 4. The molecular weight excluding hydrogens is 288 g/mol. The zero-order chi connectivity index (χ0) is 16.8. The number of methoxy groups -OCH3 is 1. The van der Waals surface area contributed by atoms with E-state index < -0.39 is 0 Å². The number of fused-ring (bicyclic) bond motifs is 3. The van der Waals surface area contributed by atoms with Gasteiger partial charge in [-0.3, -0.25) is 0 Å². The Morgan fingerprint density at radius 2 is 2.13 bits per heavy atom. The molecule has 1 atom stereocenters. The van der Waals surface area contributed by atoms with Crippen LogP contribution in [0, 0.1) is 0 Å². The van der Waals surface area contributed by atoms with Gasteiger partial charge in [0.2, 0.25) is 0 Å². The molecule has 0 saturated carbocycles. The standard InChI is InChI=1S/C16H19NO2.C3H9N/c1-3-17-12-7-4-6-11(10-18)15(12)16-13(17)8-5-9-14(16)19-2;1-3-4-2/h5,8-11H,3-4,6-7H2,1-2H3;4H,3H2,1-2H3. The summed E-state index contributed by atoms with van der Waals surface area (Å²) < 4.78 is 7.85. The molecule has 0 fully saturated rings. The molecule has 2 aromatic rings. The molecule has 1 heterocycles. The number of carbonyl (C=O) groups is 1. The molecule has 0 bridgehead atoms. The summed E-state index contributed by atoms with van der Waals surface area (Å²) in [5.74, 6) is 0.907. The van der Waals surface area contributed by atoms with Gasteiger partial charge in [-0.05, 0) is 57.5 Å². The highest BCUT2D eigenvalue weighted by atomic mass is 16.5. The van der Waals surface area contributed by atoms with Crippen LogP contribution in [0.1, 0.15) is 43.9 Å². The van der Waals surface area contributed by atoms with Crippen molar-refractivity contribution in [2.45, 2.75) is 45.6 Å². The second kappa shape index (κ2) is 8.16. The van der Waals surface area contributed by atoms with E-state index in [2.05, 4.69) is 29.8 Å². The minimum atomic E-state index is 0.0235. The van der Waals surface area contributed by atoms with Crippen molar-refractivity contribution in [3.05, 3.63) is 29.5 Å². The fourth-order valence-corrected chi connectivity index (χ4v) is 3.42. The molecule has 126 valence electrons. The van der Waals surface area contributed by atoms with Crippen LogP contribution in [0.2, 0.25) is 0 Å². The first kappa shape index (κ1) is 17.5. The third-order valence-electron chi connectivity index (χ3n) is 4.55. The van der Waals surface area contributed by atoms with Crippen LogP contribution in [0.15, 0.2) is 18.2 Å². The fraction of sp³-hybridized carbons (Fsp3) is 0.526. The molecule has 1 aromatic heterocycles. The molecule has 0 spiro atoms. The molecule has 0 amide bonds. The summed E-state index contributed by atoms with van der Waals surface area (Å²) in [5.41, 5.74) is 3.72. The highest BCUT2D eigenvalue weighted by molar-refractivity contribution is 5.94. The maximum Gasteiger partial charge on any atom is 0.128 e. The molecule has 4 nitrogen and oxygen atoms in total. The zero-order valence-electron chi connectivity index (χ0n) is 14.7. The van der Waals surface area contributed by atoms with Crippen molar-refractivity contribution in [1.29, 1.82) is 0 Å². The number of aromatic nitrogens is 1. The summed E-state index contributed by atoms with van der Waals surface area (Å²) in [7, 11) is 3.63. The monoisotopic (exact) mass is 316 g/mol. The molecule has 1 aromatic carbocycles. The number of nitrogens with zero attached hydrogens (tertiary/aromatic N) is 1. The van der Waals surface area contributed by atoms with Crippen molar-refractivity contribution in [1.82, 2.24) is 9.88 Å². The number of ether oxygens (including phenoxy) is 1. The lowest BCUT2D eigenvalue weighted by atomic mass is 9.86. The summed E-state index contributed by atoms with van der Waals surface area (Å²) >= 11 is 0. The van der Waals surface area contributed by atoms with Crippen molar-refractivity contribution in [3.63, 3.8) is 0 Å². The van der Waals surface area contributed by atoms with E-state index in [9.17, 15) is 4.79 Å². The molecule has 4 heteroatoms. The summed E-state index contributed by atoms with van der Waals surface area (Å²) in [6.45, 7) is 6.23. The fourth-order valence-electron chi connectivity index (χ4n) is 3.42. The first-order chi connectivity index (χ1) is 11.2. The van der Waals surface area contributed by atoms with Gasteiger partial charge in [-0.1, -0.05) is 13.0 Å². The molecule has 23 heavy (non-hydrogen) atoms. The van der Waals surface area contributed by atoms with Gasteiger partial charge in [-0.25, -0.2) is 0 Å². The molecule has 1 unspecified atom stereocenters. The van der Waals surface area contributed by atoms with Crippen LogP contribution in [0.4, 0.5) is 0 Å². The number of benzene rings is 1. The minimum Gasteiger partial charge on any atom is -0.496 e. The average molecular weight is 316 g/mol.